The first-order valence-corrected chi connectivity index (χ1v) is 11.1. The smallest absolute Gasteiger partial charge is 0.340 e. The molecule has 0 unspecified atom stereocenters. The van der Waals surface area contributed by atoms with Crippen molar-refractivity contribution in [2.24, 2.45) is 0 Å². The molecule has 1 saturated carbocycles. The standard InChI is InChI=1S/C23H25NO4S/c25-22(24-17-12-13-17)21(16-7-2-1-3-8-16)28-23(26)19-10-4-5-11-20(19)29-15-18-9-6-14-27-18/h1-5,7-8,10-11,17-18,21H,6,9,12-15H2,(H,24,25)/t18-,21-/m0/s1. The van der Waals surface area contributed by atoms with E-state index in [2.05, 4.69) is 5.32 Å². The summed E-state index contributed by atoms with van der Waals surface area (Å²) in [5.41, 5.74) is 1.15. The molecule has 0 aromatic heterocycles. The molecule has 1 heterocycles. The summed E-state index contributed by atoms with van der Waals surface area (Å²) in [6, 6.07) is 16.7. The van der Waals surface area contributed by atoms with Crippen molar-refractivity contribution >= 4 is 23.6 Å². The number of carbonyl (C=O) groups is 2. The van der Waals surface area contributed by atoms with Gasteiger partial charge in [-0.25, -0.2) is 4.79 Å². The van der Waals surface area contributed by atoms with E-state index in [1.807, 2.05) is 48.5 Å². The van der Waals surface area contributed by atoms with Gasteiger partial charge in [-0.1, -0.05) is 42.5 Å². The van der Waals surface area contributed by atoms with Crippen molar-refractivity contribution in [3.63, 3.8) is 0 Å². The van der Waals surface area contributed by atoms with Crippen LogP contribution in [0.5, 0.6) is 0 Å². The molecule has 2 aromatic carbocycles. The van der Waals surface area contributed by atoms with Gasteiger partial charge in [0.2, 0.25) is 6.10 Å². The summed E-state index contributed by atoms with van der Waals surface area (Å²) in [6.45, 7) is 0.809. The van der Waals surface area contributed by atoms with Crippen LogP contribution in [0.25, 0.3) is 0 Å². The number of carbonyl (C=O) groups excluding carboxylic acids is 2. The molecule has 0 bridgehead atoms. The van der Waals surface area contributed by atoms with Crippen LogP contribution in [0.1, 0.15) is 47.7 Å². The highest BCUT2D eigenvalue weighted by Gasteiger charge is 2.31. The molecule has 1 N–H and O–H groups in total. The summed E-state index contributed by atoms with van der Waals surface area (Å²) < 4.78 is 11.4. The molecule has 152 valence electrons. The third-order valence-corrected chi connectivity index (χ3v) is 6.25. The highest BCUT2D eigenvalue weighted by atomic mass is 32.2. The predicted octanol–water partition coefficient (Wildman–Crippen LogP) is 4.13. The van der Waals surface area contributed by atoms with E-state index in [9.17, 15) is 9.59 Å². The van der Waals surface area contributed by atoms with Crippen molar-refractivity contribution in [1.29, 1.82) is 0 Å². The van der Waals surface area contributed by atoms with E-state index in [0.717, 1.165) is 42.9 Å². The minimum absolute atomic E-state index is 0.196. The van der Waals surface area contributed by atoms with Crippen molar-refractivity contribution in [2.45, 2.75) is 48.8 Å². The maximum absolute atomic E-state index is 13.0. The number of hydrogen-bond acceptors (Lipinski definition) is 5. The van der Waals surface area contributed by atoms with E-state index in [4.69, 9.17) is 9.47 Å². The molecule has 29 heavy (non-hydrogen) atoms. The Morgan fingerprint density at radius 1 is 1.07 bits per heavy atom. The third kappa shape index (κ3) is 5.40. The lowest BCUT2D eigenvalue weighted by molar-refractivity contribution is -0.130. The summed E-state index contributed by atoms with van der Waals surface area (Å²) >= 11 is 1.60. The summed E-state index contributed by atoms with van der Waals surface area (Å²) in [5.74, 6) is 0.0472. The number of benzene rings is 2. The number of ether oxygens (including phenoxy) is 2. The lowest BCUT2D eigenvalue weighted by atomic mass is 10.1. The van der Waals surface area contributed by atoms with Gasteiger partial charge in [-0.2, -0.15) is 0 Å². The third-order valence-electron chi connectivity index (χ3n) is 5.04. The number of thioether (sulfide) groups is 1. The van der Waals surface area contributed by atoms with Gasteiger partial charge in [0.05, 0.1) is 11.7 Å². The molecule has 1 aliphatic heterocycles. The van der Waals surface area contributed by atoms with E-state index in [1.165, 1.54) is 0 Å². The zero-order valence-corrected chi connectivity index (χ0v) is 17.0. The normalized spacial score (nSPS) is 19.5. The van der Waals surface area contributed by atoms with Gasteiger partial charge in [0.15, 0.2) is 0 Å². The number of amides is 1. The molecule has 4 rings (SSSR count). The Hall–Kier alpha value is -2.31. The van der Waals surface area contributed by atoms with Crippen LogP contribution in [-0.2, 0) is 14.3 Å². The predicted molar refractivity (Wildman–Crippen MR) is 112 cm³/mol. The minimum Gasteiger partial charge on any atom is -0.444 e. The van der Waals surface area contributed by atoms with Crippen LogP contribution in [0, 0.1) is 0 Å². The topological polar surface area (TPSA) is 64.6 Å². The number of hydrogen-bond donors (Lipinski definition) is 1. The molecule has 1 amide bonds. The number of nitrogens with one attached hydrogen (secondary N) is 1. The zero-order valence-electron chi connectivity index (χ0n) is 16.2. The highest BCUT2D eigenvalue weighted by Crippen LogP contribution is 2.29. The number of esters is 1. The fourth-order valence-electron chi connectivity index (χ4n) is 3.30. The Morgan fingerprint density at radius 2 is 1.83 bits per heavy atom. The van der Waals surface area contributed by atoms with Gasteiger partial charge in [-0.05, 0) is 37.8 Å². The van der Waals surface area contributed by atoms with Crippen molar-refractivity contribution in [3.8, 4) is 0 Å². The van der Waals surface area contributed by atoms with E-state index in [-0.39, 0.29) is 18.1 Å². The van der Waals surface area contributed by atoms with Crippen LogP contribution in [0.15, 0.2) is 59.5 Å². The average molecular weight is 412 g/mol. The van der Waals surface area contributed by atoms with Gasteiger partial charge >= 0.3 is 5.97 Å². The van der Waals surface area contributed by atoms with Gasteiger partial charge in [0.1, 0.15) is 0 Å². The fraction of sp³-hybridized carbons (Fsp3) is 0.391. The van der Waals surface area contributed by atoms with Crippen molar-refractivity contribution in [2.75, 3.05) is 12.4 Å². The molecule has 0 spiro atoms. The zero-order chi connectivity index (χ0) is 20.1. The Bertz CT molecular complexity index is 847. The van der Waals surface area contributed by atoms with Crippen LogP contribution >= 0.6 is 11.8 Å². The SMILES string of the molecule is O=C(O[C@H](C(=O)NC1CC1)c1ccccc1)c1ccccc1SC[C@@H]1CCCO1. The van der Waals surface area contributed by atoms with Crippen molar-refractivity contribution in [3.05, 3.63) is 65.7 Å². The summed E-state index contributed by atoms with van der Waals surface area (Å²) in [5, 5.41) is 2.95. The second-order valence-corrected chi connectivity index (χ2v) is 8.48. The van der Waals surface area contributed by atoms with Crippen LogP contribution < -0.4 is 5.32 Å². The molecular formula is C23H25NO4S. The molecule has 2 fully saturated rings. The molecule has 0 radical (unpaired) electrons. The molecule has 1 aliphatic carbocycles. The maximum Gasteiger partial charge on any atom is 0.340 e. The minimum atomic E-state index is -0.958. The van der Waals surface area contributed by atoms with E-state index in [0.29, 0.717) is 11.1 Å². The lowest BCUT2D eigenvalue weighted by Crippen LogP contribution is -2.33. The Labute approximate surface area is 175 Å². The Balaban J connectivity index is 1.48. The van der Waals surface area contributed by atoms with Crippen LogP contribution in [0.2, 0.25) is 0 Å². The number of rotatable bonds is 8. The summed E-state index contributed by atoms with van der Waals surface area (Å²) in [6.07, 6.45) is 3.36. The fourth-order valence-corrected chi connectivity index (χ4v) is 4.41. The van der Waals surface area contributed by atoms with Gasteiger partial charge in [0, 0.05) is 28.9 Å². The van der Waals surface area contributed by atoms with E-state index in [1.54, 1.807) is 17.8 Å². The second kappa shape index (κ2) is 9.46. The first-order valence-electron chi connectivity index (χ1n) is 10.1. The molecular weight excluding hydrogens is 386 g/mol. The van der Waals surface area contributed by atoms with E-state index >= 15 is 0 Å². The Kier molecular flexibility index (Phi) is 6.52. The van der Waals surface area contributed by atoms with Gasteiger partial charge < -0.3 is 14.8 Å². The van der Waals surface area contributed by atoms with E-state index < -0.39 is 12.1 Å². The average Bonchev–Trinajstić information content (AvgIpc) is 3.41. The first-order chi connectivity index (χ1) is 14.2. The molecule has 2 aliphatic rings. The molecule has 2 aromatic rings. The second-order valence-electron chi connectivity index (χ2n) is 7.42. The van der Waals surface area contributed by atoms with Crippen LogP contribution in [0.3, 0.4) is 0 Å². The van der Waals surface area contributed by atoms with Crippen LogP contribution in [0.4, 0.5) is 0 Å². The summed E-state index contributed by atoms with van der Waals surface area (Å²) in [7, 11) is 0. The first kappa shape index (κ1) is 20.0. The van der Waals surface area contributed by atoms with Gasteiger partial charge in [-0.15, -0.1) is 11.8 Å². The largest absolute Gasteiger partial charge is 0.444 e. The summed E-state index contributed by atoms with van der Waals surface area (Å²) in [4.78, 5) is 26.6. The molecule has 1 saturated heterocycles. The Morgan fingerprint density at radius 3 is 2.55 bits per heavy atom. The van der Waals surface area contributed by atoms with Gasteiger partial charge in [-0.3, -0.25) is 4.79 Å². The van der Waals surface area contributed by atoms with Crippen LogP contribution in [-0.4, -0.2) is 36.4 Å². The highest BCUT2D eigenvalue weighted by molar-refractivity contribution is 7.99. The van der Waals surface area contributed by atoms with Crippen molar-refractivity contribution < 1.29 is 19.1 Å². The quantitative estimate of drug-likeness (QED) is 0.523. The maximum atomic E-state index is 13.0. The van der Waals surface area contributed by atoms with Gasteiger partial charge in [0.25, 0.3) is 5.91 Å². The lowest BCUT2D eigenvalue weighted by Gasteiger charge is -2.19. The molecule has 2 atom stereocenters. The van der Waals surface area contributed by atoms with Crippen molar-refractivity contribution in [1.82, 2.24) is 5.32 Å². The monoisotopic (exact) mass is 411 g/mol. The molecule has 5 nitrogen and oxygen atoms in total. The molecule has 6 heteroatoms.